The predicted molar refractivity (Wildman–Crippen MR) is 141 cm³/mol. The molecule has 1 amide bonds. The number of likely N-dealkylation sites (tertiary alicyclic amines) is 2. The lowest BCUT2D eigenvalue weighted by atomic mass is 9.62. The van der Waals surface area contributed by atoms with Crippen molar-refractivity contribution in [2.24, 2.45) is 5.41 Å². The number of nitrogens with zero attached hydrogens (tertiary/aromatic N) is 5. The molecule has 3 aromatic rings. The van der Waals surface area contributed by atoms with Gasteiger partial charge in [-0.3, -0.25) is 9.78 Å². The van der Waals surface area contributed by atoms with E-state index in [-0.39, 0.29) is 28.9 Å². The second kappa shape index (κ2) is 10.1. The second-order valence-corrected chi connectivity index (χ2v) is 11.7. The highest BCUT2D eigenvalue weighted by Gasteiger charge is 2.55. The number of hydrogen-bond donors (Lipinski definition) is 1. The molecule has 0 spiro atoms. The first kappa shape index (κ1) is 27.3. The SMILES string of the molecule is CC(=O)N1CCC(c2nc(-c3cncc(C(O)(c4cc(F)c(C(C)C)c(F)c4)C4(C)CN(C)C4)c3)no2)CC1. The van der Waals surface area contributed by atoms with Gasteiger partial charge in [0.1, 0.15) is 17.2 Å². The van der Waals surface area contributed by atoms with Crippen LogP contribution in [-0.2, 0) is 10.4 Å². The number of hydrogen-bond acceptors (Lipinski definition) is 7. The van der Waals surface area contributed by atoms with Crippen molar-refractivity contribution in [1.29, 1.82) is 0 Å². The molecule has 0 saturated carbocycles. The first-order chi connectivity index (χ1) is 18.4. The van der Waals surface area contributed by atoms with Gasteiger partial charge in [-0.2, -0.15) is 4.98 Å². The fraction of sp³-hybridized carbons (Fsp3) is 0.517. The Bertz CT molecular complexity index is 1360. The van der Waals surface area contributed by atoms with Crippen LogP contribution in [0.15, 0.2) is 35.1 Å². The molecule has 39 heavy (non-hydrogen) atoms. The molecule has 0 aliphatic carbocycles. The smallest absolute Gasteiger partial charge is 0.230 e. The number of amides is 1. The first-order valence-electron chi connectivity index (χ1n) is 13.4. The molecule has 2 aromatic heterocycles. The number of piperidine rings is 1. The van der Waals surface area contributed by atoms with Crippen LogP contribution in [0, 0.1) is 17.0 Å². The first-order valence-corrected chi connectivity index (χ1v) is 13.4. The minimum absolute atomic E-state index is 0.00248. The van der Waals surface area contributed by atoms with Crippen LogP contribution in [0.5, 0.6) is 0 Å². The van der Waals surface area contributed by atoms with E-state index in [1.165, 1.54) is 18.3 Å². The van der Waals surface area contributed by atoms with Crippen molar-refractivity contribution in [3.8, 4) is 11.4 Å². The minimum atomic E-state index is -1.73. The van der Waals surface area contributed by atoms with Crippen molar-refractivity contribution in [2.45, 2.75) is 58.0 Å². The third-order valence-corrected chi connectivity index (χ3v) is 8.33. The lowest BCUT2D eigenvalue weighted by Gasteiger charge is -2.55. The van der Waals surface area contributed by atoms with Gasteiger partial charge < -0.3 is 19.4 Å². The van der Waals surface area contributed by atoms with Gasteiger partial charge in [0, 0.05) is 73.5 Å². The van der Waals surface area contributed by atoms with E-state index in [1.807, 2.05) is 18.9 Å². The normalized spacial score (nSPS) is 19.7. The van der Waals surface area contributed by atoms with E-state index in [0.717, 1.165) is 12.8 Å². The van der Waals surface area contributed by atoms with Gasteiger partial charge in [-0.25, -0.2) is 8.78 Å². The quantitative estimate of drug-likeness (QED) is 0.495. The molecule has 2 aliphatic heterocycles. The zero-order chi connectivity index (χ0) is 28.1. The molecule has 8 nitrogen and oxygen atoms in total. The molecule has 208 valence electrons. The number of carbonyl (C=O) groups excluding carboxylic acids is 1. The van der Waals surface area contributed by atoms with E-state index < -0.39 is 22.7 Å². The molecule has 0 radical (unpaired) electrons. The number of carbonyl (C=O) groups is 1. The summed E-state index contributed by atoms with van der Waals surface area (Å²) in [4.78, 5) is 24.5. The molecule has 1 N–H and O–H groups in total. The topological polar surface area (TPSA) is 95.6 Å². The van der Waals surface area contributed by atoms with E-state index >= 15 is 8.78 Å². The predicted octanol–water partition coefficient (Wildman–Crippen LogP) is 4.45. The molecule has 1 unspecified atom stereocenters. The van der Waals surface area contributed by atoms with Gasteiger partial charge in [-0.1, -0.05) is 25.9 Å². The fourth-order valence-corrected chi connectivity index (χ4v) is 6.30. The molecule has 0 bridgehead atoms. The van der Waals surface area contributed by atoms with Gasteiger partial charge in [-0.05, 0) is 49.6 Å². The van der Waals surface area contributed by atoms with E-state index in [0.29, 0.717) is 49.0 Å². The Kier molecular flexibility index (Phi) is 7.05. The van der Waals surface area contributed by atoms with Gasteiger partial charge in [0.15, 0.2) is 0 Å². The lowest BCUT2D eigenvalue weighted by molar-refractivity contribution is -0.129. The van der Waals surface area contributed by atoms with Gasteiger partial charge in [-0.15, -0.1) is 0 Å². The van der Waals surface area contributed by atoms with Crippen LogP contribution in [0.3, 0.4) is 0 Å². The molecule has 5 rings (SSSR count). The van der Waals surface area contributed by atoms with Crippen LogP contribution >= 0.6 is 0 Å². The fourth-order valence-electron chi connectivity index (χ4n) is 6.30. The Labute approximate surface area is 227 Å². The van der Waals surface area contributed by atoms with Gasteiger partial charge in [0.2, 0.25) is 17.6 Å². The number of rotatable bonds is 6. The molecule has 10 heteroatoms. The minimum Gasteiger partial charge on any atom is -0.380 e. The van der Waals surface area contributed by atoms with Crippen LogP contribution in [0.25, 0.3) is 11.4 Å². The van der Waals surface area contributed by atoms with Gasteiger partial charge in [0.25, 0.3) is 0 Å². The Morgan fingerprint density at radius 2 is 1.77 bits per heavy atom. The van der Waals surface area contributed by atoms with Crippen molar-refractivity contribution in [3.05, 3.63) is 64.8 Å². The van der Waals surface area contributed by atoms with Crippen molar-refractivity contribution in [3.63, 3.8) is 0 Å². The highest BCUT2D eigenvalue weighted by molar-refractivity contribution is 5.73. The molecule has 4 heterocycles. The third kappa shape index (κ3) is 4.74. The summed E-state index contributed by atoms with van der Waals surface area (Å²) in [6.07, 6.45) is 4.57. The molecule has 2 fully saturated rings. The van der Waals surface area contributed by atoms with E-state index in [2.05, 4.69) is 15.1 Å². The average Bonchev–Trinajstić information content (AvgIpc) is 3.37. The maximum absolute atomic E-state index is 15.2. The van der Waals surface area contributed by atoms with Crippen LogP contribution in [0.1, 0.15) is 75.0 Å². The number of aromatic nitrogens is 3. The van der Waals surface area contributed by atoms with Gasteiger partial charge in [0.05, 0.1) is 0 Å². The lowest BCUT2D eigenvalue weighted by Crippen LogP contribution is -2.63. The summed E-state index contributed by atoms with van der Waals surface area (Å²) < 4.78 is 35.9. The van der Waals surface area contributed by atoms with Crippen molar-refractivity contribution < 1.29 is 23.2 Å². The summed E-state index contributed by atoms with van der Waals surface area (Å²) in [7, 11) is 1.93. The Morgan fingerprint density at radius 3 is 2.33 bits per heavy atom. The largest absolute Gasteiger partial charge is 0.380 e. The zero-order valence-electron chi connectivity index (χ0n) is 23.0. The van der Waals surface area contributed by atoms with Crippen molar-refractivity contribution in [1.82, 2.24) is 24.9 Å². The average molecular weight is 540 g/mol. The molecular formula is C29H35F2N5O3. The number of pyridine rings is 1. The van der Waals surface area contributed by atoms with Gasteiger partial charge >= 0.3 is 0 Å². The van der Waals surface area contributed by atoms with E-state index in [4.69, 9.17) is 4.52 Å². The molecule has 2 saturated heterocycles. The highest BCUT2D eigenvalue weighted by Crippen LogP contribution is 2.51. The molecule has 1 atom stereocenters. The van der Waals surface area contributed by atoms with Crippen LogP contribution in [-0.4, -0.2) is 69.2 Å². The maximum atomic E-state index is 15.2. The summed E-state index contributed by atoms with van der Waals surface area (Å²) in [6, 6.07) is 4.21. The Morgan fingerprint density at radius 1 is 1.13 bits per heavy atom. The van der Waals surface area contributed by atoms with Crippen LogP contribution in [0.2, 0.25) is 0 Å². The van der Waals surface area contributed by atoms with Crippen LogP contribution in [0.4, 0.5) is 8.78 Å². The zero-order valence-corrected chi connectivity index (χ0v) is 23.0. The van der Waals surface area contributed by atoms with Crippen molar-refractivity contribution in [2.75, 3.05) is 33.2 Å². The number of aliphatic hydroxyl groups is 1. The third-order valence-electron chi connectivity index (χ3n) is 8.33. The van der Waals surface area contributed by atoms with E-state index in [1.54, 1.807) is 37.9 Å². The number of benzene rings is 1. The standard InChI is InChI=1S/C29H35F2N5O3/c1-17(2)25-23(30)11-21(12-24(25)31)29(38,28(4)15-35(5)16-28)22-10-20(13-32-14-22)26-33-27(39-34-26)19-6-8-36(9-7-19)18(3)37/h10-14,17,19,38H,6-9,15-16H2,1-5H3. The Balaban J connectivity index is 1.51. The highest BCUT2D eigenvalue weighted by atomic mass is 19.1. The van der Waals surface area contributed by atoms with E-state index in [9.17, 15) is 9.90 Å². The van der Waals surface area contributed by atoms with Crippen LogP contribution < -0.4 is 0 Å². The number of halogens is 2. The second-order valence-electron chi connectivity index (χ2n) is 11.7. The summed E-state index contributed by atoms with van der Waals surface area (Å²) in [5, 5.41) is 16.5. The maximum Gasteiger partial charge on any atom is 0.230 e. The molecular weight excluding hydrogens is 504 g/mol. The molecule has 2 aliphatic rings. The monoisotopic (exact) mass is 539 g/mol. The molecule has 1 aromatic carbocycles. The summed E-state index contributed by atoms with van der Waals surface area (Å²) in [5.41, 5.74) is -1.40. The Hall–Kier alpha value is -3.24. The summed E-state index contributed by atoms with van der Waals surface area (Å²) in [6.45, 7) is 9.25. The summed E-state index contributed by atoms with van der Waals surface area (Å²) in [5.74, 6) is -0.793. The summed E-state index contributed by atoms with van der Waals surface area (Å²) >= 11 is 0. The van der Waals surface area contributed by atoms with Crippen molar-refractivity contribution >= 4 is 5.91 Å².